The molecule has 6 heteroatoms. The number of hydrogen-bond donors (Lipinski definition) is 0. The molecule has 0 aromatic heterocycles. The summed E-state index contributed by atoms with van der Waals surface area (Å²) in [6.45, 7) is 4.53. The molecule has 29 heavy (non-hydrogen) atoms. The molecule has 0 aliphatic carbocycles. The first-order valence-corrected chi connectivity index (χ1v) is 10.00. The van der Waals surface area contributed by atoms with Crippen molar-refractivity contribution in [1.29, 1.82) is 0 Å². The van der Waals surface area contributed by atoms with Gasteiger partial charge in [-0.3, -0.25) is 4.79 Å². The molecule has 0 N–H and O–H groups in total. The highest BCUT2D eigenvalue weighted by atomic mass is 16.6. The van der Waals surface area contributed by atoms with Gasteiger partial charge in [0.1, 0.15) is 13.2 Å². The van der Waals surface area contributed by atoms with Crippen LogP contribution in [0.15, 0.2) is 30.3 Å². The van der Waals surface area contributed by atoms with E-state index in [1.807, 2.05) is 35.2 Å². The Morgan fingerprint density at radius 2 is 1.72 bits per heavy atom. The second kappa shape index (κ2) is 8.23. The van der Waals surface area contributed by atoms with Crippen LogP contribution >= 0.6 is 0 Å². The number of amides is 1. The molecular formula is C23H27NO5. The van der Waals surface area contributed by atoms with Gasteiger partial charge in [0.05, 0.1) is 14.2 Å². The van der Waals surface area contributed by atoms with Crippen LogP contribution in [0.2, 0.25) is 0 Å². The summed E-state index contributed by atoms with van der Waals surface area (Å²) in [7, 11) is 3.27. The Morgan fingerprint density at radius 1 is 1.03 bits per heavy atom. The minimum absolute atomic E-state index is 0.102. The van der Waals surface area contributed by atoms with E-state index in [9.17, 15) is 4.79 Å². The van der Waals surface area contributed by atoms with Crippen LogP contribution < -0.4 is 18.9 Å². The standard InChI is InChI=1S/C23H27NO5/c1-15(16-4-5-19-22(11-16)29-9-8-28-19)10-23(25)24-7-6-17-12-20(26-2)21(27-3)13-18(17)14-24/h4-5,11-13,15H,6-10,14H2,1-3H3. The van der Waals surface area contributed by atoms with Crippen molar-refractivity contribution in [3.8, 4) is 23.0 Å². The summed E-state index contributed by atoms with van der Waals surface area (Å²) in [4.78, 5) is 14.9. The van der Waals surface area contributed by atoms with Gasteiger partial charge in [-0.15, -0.1) is 0 Å². The van der Waals surface area contributed by atoms with E-state index in [0.717, 1.165) is 41.3 Å². The van der Waals surface area contributed by atoms with E-state index in [-0.39, 0.29) is 11.8 Å². The minimum atomic E-state index is 0.102. The summed E-state index contributed by atoms with van der Waals surface area (Å²) < 4.78 is 22.1. The van der Waals surface area contributed by atoms with Gasteiger partial charge in [-0.25, -0.2) is 0 Å². The zero-order valence-corrected chi connectivity index (χ0v) is 17.2. The van der Waals surface area contributed by atoms with Gasteiger partial charge < -0.3 is 23.8 Å². The van der Waals surface area contributed by atoms with Gasteiger partial charge in [0.25, 0.3) is 0 Å². The zero-order chi connectivity index (χ0) is 20.4. The number of hydrogen-bond acceptors (Lipinski definition) is 5. The maximum Gasteiger partial charge on any atom is 0.223 e. The van der Waals surface area contributed by atoms with E-state index in [0.29, 0.717) is 31.9 Å². The molecule has 1 amide bonds. The van der Waals surface area contributed by atoms with E-state index in [4.69, 9.17) is 18.9 Å². The predicted molar refractivity (Wildman–Crippen MR) is 109 cm³/mol. The van der Waals surface area contributed by atoms with Gasteiger partial charge in [-0.2, -0.15) is 0 Å². The van der Waals surface area contributed by atoms with Crippen molar-refractivity contribution in [2.45, 2.75) is 32.2 Å². The van der Waals surface area contributed by atoms with Gasteiger partial charge in [0, 0.05) is 19.5 Å². The van der Waals surface area contributed by atoms with Gasteiger partial charge >= 0.3 is 0 Å². The highest BCUT2D eigenvalue weighted by Gasteiger charge is 2.25. The monoisotopic (exact) mass is 397 g/mol. The van der Waals surface area contributed by atoms with Crippen LogP contribution in [-0.4, -0.2) is 44.8 Å². The second-order valence-corrected chi connectivity index (χ2v) is 7.55. The van der Waals surface area contributed by atoms with Gasteiger partial charge in [0.15, 0.2) is 23.0 Å². The molecule has 1 atom stereocenters. The predicted octanol–water partition coefficient (Wildman–Crippen LogP) is 3.55. The van der Waals surface area contributed by atoms with Crippen LogP contribution in [-0.2, 0) is 17.8 Å². The van der Waals surface area contributed by atoms with Crippen molar-refractivity contribution >= 4 is 5.91 Å². The van der Waals surface area contributed by atoms with Gasteiger partial charge in [-0.05, 0) is 53.3 Å². The van der Waals surface area contributed by atoms with Crippen molar-refractivity contribution in [1.82, 2.24) is 4.90 Å². The number of benzene rings is 2. The maximum atomic E-state index is 13.0. The Morgan fingerprint density at radius 3 is 2.45 bits per heavy atom. The largest absolute Gasteiger partial charge is 0.493 e. The molecule has 6 nitrogen and oxygen atoms in total. The van der Waals surface area contributed by atoms with E-state index >= 15 is 0 Å². The van der Waals surface area contributed by atoms with Crippen molar-refractivity contribution < 1.29 is 23.7 Å². The summed E-state index contributed by atoms with van der Waals surface area (Å²) in [5, 5.41) is 0. The molecule has 0 spiro atoms. The van der Waals surface area contributed by atoms with Crippen LogP contribution in [0, 0.1) is 0 Å². The molecule has 0 fully saturated rings. The smallest absolute Gasteiger partial charge is 0.223 e. The zero-order valence-electron chi connectivity index (χ0n) is 17.2. The number of carbonyl (C=O) groups is 1. The molecular weight excluding hydrogens is 370 g/mol. The lowest BCUT2D eigenvalue weighted by Crippen LogP contribution is -2.36. The number of nitrogens with zero attached hydrogens (tertiary/aromatic N) is 1. The summed E-state index contributed by atoms with van der Waals surface area (Å²) in [5.41, 5.74) is 3.42. The summed E-state index contributed by atoms with van der Waals surface area (Å²) in [6, 6.07) is 9.95. The lowest BCUT2D eigenvalue weighted by atomic mass is 9.94. The van der Waals surface area contributed by atoms with Crippen LogP contribution in [0.5, 0.6) is 23.0 Å². The second-order valence-electron chi connectivity index (χ2n) is 7.55. The maximum absolute atomic E-state index is 13.0. The quantitative estimate of drug-likeness (QED) is 0.772. The molecule has 2 aromatic carbocycles. The van der Waals surface area contributed by atoms with Crippen LogP contribution in [0.25, 0.3) is 0 Å². The molecule has 2 aromatic rings. The Hall–Kier alpha value is -2.89. The molecule has 1 unspecified atom stereocenters. The van der Waals surface area contributed by atoms with Crippen LogP contribution in [0.4, 0.5) is 0 Å². The molecule has 2 aliphatic rings. The SMILES string of the molecule is COc1cc2c(cc1OC)CN(C(=O)CC(C)c1ccc3c(c1)OCCO3)CC2. The summed E-state index contributed by atoms with van der Waals surface area (Å²) in [5.74, 6) is 3.23. The highest BCUT2D eigenvalue weighted by molar-refractivity contribution is 5.77. The molecule has 0 radical (unpaired) electrons. The molecule has 0 bridgehead atoms. The normalized spacial score (nSPS) is 16.0. The number of rotatable bonds is 5. The lowest BCUT2D eigenvalue weighted by Gasteiger charge is -2.30. The average molecular weight is 397 g/mol. The van der Waals surface area contributed by atoms with Gasteiger partial charge in [-0.1, -0.05) is 13.0 Å². The average Bonchev–Trinajstić information content (AvgIpc) is 2.77. The summed E-state index contributed by atoms with van der Waals surface area (Å²) in [6.07, 6.45) is 1.28. The Balaban J connectivity index is 1.44. The molecule has 2 heterocycles. The van der Waals surface area contributed by atoms with Crippen molar-refractivity contribution in [2.75, 3.05) is 34.0 Å². The first-order valence-electron chi connectivity index (χ1n) is 10.00. The Kier molecular flexibility index (Phi) is 5.51. The number of carbonyl (C=O) groups excluding carboxylic acids is 1. The van der Waals surface area contributed by atoms with Crippen molar-refractivity contribution in [2.24, 2.45) is 0 Å². The highest BCUT2D eigenvalue weighted by Crippen LogP contribution is 2.35. The summed E-state index contributed by atoms with van der Waals surface area (Å²) >= 11 is 0. The third-order valence-corrected chi connectivity index (χ3v) is 5.69. The lowest BCUT2D eigenvalue weighted by molar-refractivity contribution is -0.132. The van der Waals surface area contributed by atoms with Crippen molar-refractivity contribution in [3.63, 3.8) is 0 Å². The van der Waals surface area contributed by atoms with E-state index in [2.05, 4.69) is 6.92 Å². The number of fused-ring (bicyclic) bond motifs is 2. The number of methoxy groups -OCH3 is 2. The fourth-order valence-electron chi connectivity index (χ4n) is 3.97. The Labute approximate surface area is 171 Å². The third-order valence-electron chi connectivity index (χ3n) is 5.69. The van der Waals surface area contributed by atoms with Gasteiger partial charge in [0.2, 0.25) is 5.91 Å². The third kappa shape index (κ3) is 3.97. The van der Waals surface area contributed by atoms with Crippen LogP contribution in [0.1, 0.15) is 36.0 Å². The minimum Gasteiger partial charge on any atom is -0.493 e. The van der Waals surface area contributed by atoms with Crippen molar-refractivity contribution in [3.05, 3.63) is 47.0 Å². The fourth-order valence-corrected chi connectivity index (χ4v) is 3.97. The van der Waals surface area contributed by atoms with E-state index in [1.54, 1.807) is 14.2 Å². The Bertz CT molecular complexity index is 910. The van der Waals surface area contributed by atoms with E-state index < -0.39 is 0 Å². The first kappa shape index (κ1) is 19.4. The molecule has 154 valence electrons. The first-order chi connectivity index (χ1) is 14.1. The molecule has 0 saturated carbocycles. The van der Waals surface area contributed by atoms with E-state index in [1.165, 1.54) is 5.56 Å². The molecule has 2 aliphatic heterocycles. The van der Waals surface area contributed by atoms with Crippen LogP contribution in [0.3, 0.4) is 0 Å². The fraction of sp³-hybridized carbons (Fsp3) is 0.435. The topological polar surface area (TPSA) is 57.2 Å². The molecule has 0 saturated heterocycles. The molecule has 4 rings (SSSR count). The number of ether oxygens (including phenoxy) is 4.